The zero-order valence-corrected chi connectivity index (χ0v) is 33.6. The molecule has 0 radical (unpaired) electrons. The van der Waals surface area contributed by atoms with Crippen LogP contribution in [0.3, 0.4) is 0 Å². The summed E-state index contributed by atoms with van der Waals surface area (Å²) in [5.41, 5.74) is 4.09. The summed E-state index contributed by atoms with van der Waals surface area (Å²) in [5, 5.41) is 21.7. The normalized spacial score (nSPS) is 11.5. The first-order chi connectivity index (χ1) is 24.0. The molecule has 2 aromatic rings. The van der Waals surface area contributed by atoms with Gasteiger partial charge in [0.05, 0.1) is 0 Å². The summed E-state index contributed by atoms with van der Waals surface area (Å²) in [5.74, 6) is 0.943. The van der Waals surface area contributed by atoms with Gasteiger partial charge in [-0.05, 0) is 86.1 Å². The monoisotopic (exact) mass is 695 g/mol. The number of hydrogen-bond donors (Lipinski definition) is 2. The minimum Gasteiger partial charge on any atom is -0.507 e. The van der Waals surface area contributed by atoms with Crippen molar-refractivity contribution in [1.82, 2.24) is 0 Å². The van der Waals surface area contributed by atoms with Crippen molar-refractivity contribution in [2.75, 3.05) is 0 Å². The Kier molecular flexibility index (Phi) is 25.8. The zero-order chi connectivity index (χ0) is 35.4. The van der Waals surface area contributed by atoms with Crippen molar-refractivity contribution in [3.63, 3.8) is 0 Å². The molecule has 2 aromatic carbocycles. The fourth-order valence-electron chi connectivity index (χ4n) is 7.29. The fourth-order valence-corrected chi connectivity index (χ4v) is 8.43. The SMILES string of the molecule is CCCCCCCCCCCCCCCCc1cc(Sc2cc(C)c(O)c(CCCCCCCCCCCCCCCC)c2)cc(C)c1O. The highest BCUT2D eigenvalue weighted by molar-refractivity contribution is 7.99. The van der Waals surface area contributed by atoms with E-state index in [4.69, 9.17) is 0 Å². The van der Waals surface area contributed by atoms with Gasteiger partial charge in [0, 0.05) is 9.79 Å². The number of phenols is 2. The van der Waals surface area contributed by atoms with Crippen LogP contribution < -0.4 is 0 Å². The van der Waals surface area contributed by atoms with E-state index in [0.717, 1.165) is 47.9 Å². The molecule has 0 saturated carbocycles. The van der Waals surface area contributed by atoms with Crippen molar-refractivity contribution >= 4 is 11.8 Å². The lowest BCUT2D eigenvalue weighted by atomic mass is 10.0. The Morgan fingerprint density at radius 3 is 0.878 bits per heavy atom. The van der Waals surface area contributed by atoms with Gasteiger partial charge in [-0.15, -0.1) is 0 Å². The Balaban J connectivity index is 1.66. The number of aryl methyl sites for hydroxylation is 4. The van der Waals surface area contributed by atoms with Crippen molar-refractivity contribution in [2.24, 2.45) is 0 Å². The Morgan fingerprint density at radius 1 is 0.367 bits per heavy atom. The van der Waals surface area contributed by atoms with Gasteiger partial charge < -0.3 is 10.2 Å². The first-order valence-corrected chi connectivity index (χ1v) is 22.1. The Hall–Kier alpha value is -1.61. The van der Waals surface area contributed by atoms with Gasteiger partial charge in [0.15, 0.2) is 0 Å². The fraction of sp³-hybridized carbons (Fsp3) is 0.739. The third-order valence-corrected chi connectivity index (χ3v) is 11.5. The third kappa shape index (κ3) is 20.7. The number of unbranched alkanes of at least 4 members (excludes halogenated alkanes) is 26. The van der Waals surface area contributed by atoms with Gasteiger partial charge in [-0.2, -0.15) is 0 Å². The molecule has 0 aliphatic rings. The minimum atomic E-state index is 0.472. The molecule has 0 spiro atoms. The molecule has 0 atom stereocenters. The molecule has 3 heteroatoms. The highest BCUT2D eigenvalue weighted by atomic mass is 32.2. The summed E-state index contributed by atoms with van der Waals surface area (Å²) >= 11 is 1.77. The summed E-state index contributed by atoms with van der Waals surface area (Å²) in [6.07, 6.45) is 40.1. The largest absolute Gasteiger partial charge is 0.507 e. The first-order valence-electron chi connectivity index (χ1n) is 21.3. The van der Waals surface area contributed by atoms with E-state index in [9.17, 15) is 10.2 Å². The molecule has 0 bridgehead atoms. The molecule has 49 heavy (non-hydrogen) atoms. The van der Waals surface area contributed by atoms with Crippen LogP contribution in [0, 0.1) is 13.8 Å². The maximum absolute atomic E-state index is 10.8. The highest BCUT2D eigenvalue weighted by Gasteiger charge is 2.12. The van der Waals surface area contributed by atoms with Crippen LogP contribution in [0.15, 0.2) is 34.1 Å². The molecule has 0 unspecified atom stereocenters. The molecule has 280 valence electrons. The van der Waals surface area contributed by atoms with Gasteiger partial charge in [0.2, 0.25) is 0 Å². The molecule has 0 fully saturated rings. The van der Waals surface area contributed by atoms with E-state index in [1.54, 1.807) is 11.8 Å². The molecule has 0 amide bonds. The van der Waals surface area contributed by atoms with Crippen LogP contribution in [-0.2, 0) is 12.8 Å². The summed E-state index contributed by atoms with van der Waals surface area (Å²) in [7, 11) is 0. The van der Waals surface area contributed by atoms with E-state index in [0.29, 0.717) is 11.5 Å². The third-order valence-electron chi connectivity index (χ3n) is 10.5. The quantitative estimate of drug-likeness (QED) is 0.0749. The van der Waals surface area contributed by atoms with Crippen LogP contribution in [-0.4, -0.2) is 10.2 Å². The predicted molar refractivity (Wildman–Crippen MR) is 218 cm³/mol. The topological polar surface area (TPSA) is 40.5 Å². The van der Waals surface area contributed by atoms with Gasteiger partial charge in [-0.3, -0.25) is 0 Å². The Bertz CT molecular complexity index is 1010. The first kappa shape index (κ1) is 43.6. The van der Waals surface area contributed by atoms with Gasteiger partial charge in [0.1, 0.15) is 11.5 Å². The number of benzene rings is 2. The number of phenolic OH excluding ortho intramolecular Hbond substituents is 2. The molecule has 0 saturated heterocycles. The lowest BCUT2D eigenvalue weighted by molar-refractivity contribution is 0.460. The minimum absolute atomic E-state index is 0.472. The Morgan fingerprint density at radius 2 is 0.612 bits per heavy atom. The summed E-state index contributed by atoms with van der Waals surface area (Å²) in [4.78, 5) is 2.37. The van der Waals surface area contributed by atoms with Gasteiger partial charge >= 0.3 is 0 Å². The molecule has 0 heterocycles. The van der Waals surface area contributed by atoms with Gasteiger partial charge in [0.25, 0.3) is 0 Å². The smallest absolute Gasteiger partial charge is 0.121 e. The van der Waals surface area contributed by atoms with Crippen LogP contribution in [0.1, 0.15) is 216 Å². The van der Waals surface area contributed by atoms with Crippen LogP contribution in [0.25, 0.3) is 0 Å². The van der Waals surface area contributed by atoms with E-state index in [2.05, 4.69) is 38.1 Å². The molecule has 2 N–H and O–H groups in total. The van der Waals surface area contributed by atoms with E-state index in [1.807, 2.05) is 13.8 Å². The van der Waals surface area contributed by atoms with E-state index in [1.165, 1.54) is 177 Å². The van der Waals surface area contributed by atoms with Crippen LogP contribution in [0.2, 0.25) is 0 Å². The van der Waals surface area contributed by atoms with Crippen molar-refractivity contribution < 1.29 is 10.2 Å². The predicted octanol–water partition coefficient (Wildman–Crippen LogP) is 15.9. The molecule has 0 aromatic heterocycles. The molecule has 0 aliphatic heterocycles. The number of rotatable bonds is 32. The number of aromatic hydroxyl groups is 2. The Labute approximate surface area is 309 Å². The maximum Gasteiger partial charge on any atom is 0.121 e. The van der Waals surface area contributed by atoms with Crippen molar-refractivity contribution in [3.05, 3.63) is 46.5 Å². The van der Waals surface area contributed by atoms with Gasteiger partial charge in [-0.1, -0.05) is 193 Å². The lowest BCUT2D eigenvalue weighted by Gasteiger charge is -2.13. The average molecular weight is 695 g/mol. The summed E-state index contributed by atoms with van der Waals surface area (Å²) < 4.78 is 0. The standard InChI is InChI=1S/C46H78O2S/c1-5-7-9-11-13-15-17-19-21-23-25-27-29-31-33-41-37-43(35-39(3)45(41)47)49-44-36-40(4)46(48)42(38-44)34-32-30-28-26-24-22-20-18-16-14-12-10-8-6-2/h35-38,47-48H,5-34H2,1-4H3. The highest BCUT2D eigenvalue weighted by Crippen LogP contribution is 2.37. The second-order valence-electron chi connectivity index (χ2n) is 15.3. The van der Waals surface area contributed by atoms with Crippen molar-refractivity contribution in [1.29, 1.82) is 0 Å². The summed E-state index contributed by atoms with van der Waals surface area (Å²) in [6, 6.07) is 8.63. The maximum atomic E-state index is 10.8. The average Bonchev–Trinajstić information content (AvgIpc) is 3.09. The second-order valence-corrected chi connectivity index (χ2v) is 16.4. The second kappa shape index (κ2) is 29.0. The van der Waals surface area contributed by atoms with Gasteiger partial charge in [-0.25, -0.2) is 0 Å². The number of hydrogen-bond acceptors (Lipinski definition) is 3. The molecular weight excluding hydrogens is 617 g/mol. The zero-order valence-electron chi connectivity index (χ0n) is 32.8. The van der Waals surface area contributed by atoms with Crippen LogP contribution in [0.5, 0.6) is 11.5 Å². The molecular formula is C46H78O2S. The van der Waals surface area contributed by atoms with Crippen molar-refractivity contribution in [2.45, 2.75) is 230 Å². The van der Waals surface area contributed by atoms with E-state index >= 15 is 0 Å². The summed E-state index contributed by atoms with van der Waals surface area (Å²) in [6.45, 7) is 8.63. The molecule has 0 aliphatic carbocycles. The van der Waals surface area contributed by atoms with E-state index in [-0.39, 0.29) is 0 Å². The molecule has 2 nitrogen and oxygen atoms in total. The van der Waals surface area contributed by atoms with Crippen LogP contribution >= 0.6 is 11.8 Å². The van der Waals surface area contributed by atoms with Crippen molar-refractivity contribution in [3.8, 4) is 11.5 Å². The lowest BCUT2D eigenvalue weighted by Crippen LogP contribution is -1.93. The van der Waals surface area contributed by atoms with E-state index < -0.39 is 0 Å². The van der Waals surface area contributed by atoms with Crippen LogP contribution in [0.4, 0.5) is 0 Å². The molecule has 2 rings (SSSR count).